The molecule has 0 saturated carbocycles. The van der Waals surface area contributed by atoms with Gasteiger partial charge in [-0.15, -0.1) is 0 Å². The number of rotatable bonds is 6. The monoisotopic (exact) mass is 315 g/mol. The lowest BCUT2D eigenvalue weighted by Crippen LogP contribution is -2.38. The topological polar surface area (TPSA) is 104 Å². The molecule has 0 saturated heterocycles. The zero-order valence-electron chi connectivity index (χ0n) is 11.5. The zero-order chi connectivity index (χ0) is 16.2. The smallest absolute Gasteiger partial charge is 0.258 e. The van der Waals surface area contributed by atoms with Crippen molar-refractivity contribution in [3.05, 3.63) is 34.1 Å². The van der Waals surface area contributed by atoms with Gasteiger partial charge in [0.25, 0.3) is 5.69 Å². The van der Waals surface area contributed by atoms with Crippen LogP contribution in [0.4, 0.5) is 10.1 Å². The molecule has 1 aromatic rings. The number of nitro groups is 1. The third kappa shape index (κ3) is 3.74. The van der Waals surface area contributed by atoms with E-state index in [4.69, 9.17) is 5.26 Å². The second-order valence-corrected chi connectivity index (χ2v) is 6.35. The molecule has 0 aliphatic rings. The van der Waals surface area contributed by atoms with Crippen molar-refractivity contribution < 1.29 is 17.7 Å². The lowest BCUT2D eigenvalue weighted by atomic mass is 10.3. The minimum absolute atomic E-state index is 0.0357. The van der Waals surface area contributed by atoms with Crippen LogP contribution in [-0.4, -0.2) is 30.2 Å². The molecule has 0 aliphatic heterocycles. The fraction of sp³-hybridized carbons (Fsp3) is 0.417. The highest BCUT2D eigenvalue weighted by molar-refractivity contribution is 7.89. The number of nitrogens with zero attached hydrogens (tertiary/aromatic N) is 3. The number of nitriles is 1. The van der Waals surface area contributed by atoms with Crippen molar-refractivity contribution in [3.8, 4) is 6.07 Å². The van der Waals surface area contributed by atoms with Gasteiger partial charge in [0.1, 0.15) is 10.7 Å². The van der Waals surface area contributed by atoms with Crippen molar-refractivity contribution in [2.75, 3.05) is 6.54 Å². The molecule has 0 bridgehead atoms. The van der Waals surface area contributed by atoms with E-state index in [-0.39, 0.29) is 13.0 Å². The summed E-state index contributed by atoms with van der Waals surface area (Å²) in [5.41, 5.74) is -0.528. The van der Waals surface area contributed by atoms with Gasteiger partial charge in [-0.2, -0.15) is 9.57 Å². The maximum Gasteiger partial charge on any atom is 0.272 e. The zero-order valence-corrected chi connectivity index (χ0v) is 12.3. The van der Waals surface area contributed by atoms with Gasteiger partial charge in [-0.25, -0.2) is 12.8 Å². The van der Waals surface area contributed by atoms with Crippen molar-refractivity contribution in [1.29, 1.82) is 5.26 Å². The molecular formula is C12H14FN3O4S. The summed E-state index contributed by atoms with van der Waals surface area (Å²) in [7, 11) is -4.16. The van der Waals surface area contributed by atoms with E-state index >= 15 is 0 Å². The van der Waals surface area contributed by atoms with Crippen molar-refractivity contribution in [3.63, 3.8) is 0 Å². The van der Waals surface area contributed by atoms with Crippen LogP contribution in [0.3, 0.4) is 0 Å². The van der Waals surface area contributed by atoms with Gasteiger partial charge in [0, 0.05) is 25.1 Å². The summed E-state index contributed by atoms with van der Waals surface area (Å²) in [6.45, 7) is 3.11. The van der Waals surface area contributed by atoms with Crippen LogP contribution in [0.2, 0.25) is 0 Å². The molecule has 0 spiro atoms. The normalized spacial score (nSPS) is 11.6. The van der Waals surface area contributed by atoms with E-state index < -0.39 is 37.4 Å². The molecular weight excluding hydrogens is 301 g/mol. The Morgan fingerprint density at radius 2 is 2.10 bits per heavy atom. The van der Waals surface area contributed by atoms with Gasteiger partial charge in [-0.1, -0.05) is 0 Å². The average Bonchev–Trinajstić information content (AvgIpc) is 2.37. The molecule has 1 aromatic carbocycles. The van der Waals surface area contributed by atoms with Crippen molar-refractivity contribution >= 4 is 15.7 Å². The van der Waals surface area contributed by atoms with Crippen LogP contribution in [0.1, 0.15) is 20.3 Å². The molecule has 21 heavy (non-hydrogen) atoms. The third-order valence-electron chi connectivity index (χ3n) is 2.73. The van der Waals surface area contributed by atoms with E-state index in [0.29, 0.717) is 6.07 Å². The first-order chi connectivity index (χ1) is 9.71. The summed E-state index contributed by atoms with van der Waals surface area (Å²) in [6.07, 6.45) is -0.0357. The Bertz CT molecular complexity index is 682. The summed E-state index contributed by atoms with van der Waals surface area (Å²) >= 11 is 0. The van der Waals surface area contributed by atoms with E-state index in [1.807, 2.05) is 6.07 Å². The van der Waals surface area contributed by atoms with Crippen LogP contribution in [-0.2, 0) is 10.0 Å². The van der Waals surface area contributed by atoms with Gasteiger partial charge in [0.05, 0.1) is 17.1 Å². The number of sulfonamides is 1. The largest absolute Gasteiger partial charge is 0.272 e. The van der Waals surface area contributed by atoms with Gasteiger partial charge in [-0.05, 0) is 19.9 Å². The quantitative estimate of drug-likeness (QED) is 0.590. The number of halogens is 1. The highest BCUT2D eigenvalue weighted by atomic mass is 32.2. The van der Waals surface area contributed by atoms with Gasteiger partial charge in [0.15, 0.2) is 0 Å². The van der Waals surface area contributed by atoms with Crippen molar-refractivity contribution in [2.24, 2.45) is 0 Å². The Labute approximate surface area is 121 Å². The van der Waals surface area contributed by atoms with Crippen LogP contribution < -0.4 is 0 Å². The van der Waals surface area contributed by atoms with Crippen LogP contribution >= 0.6 is 0 Å². The molecule has 0 aliphatic carbocycles. The molecule has 0 amide bonds. The van der Waals surface area contributed by atoms with Gasteiger partial charge in [0.2, 0.25) is 10.0 Å². The van der Waals surface area contributed by atoms with E-state index in [9.17, 15) is 22.9 Å². The molecule has 7 nitrogen and oxygen atoms in total. The highest BCUT2D eigenvalue weighted by Crippen LogP contribution is 2.24. The molecule has 1 rings (SSSR count). The van der Waals surface area contributed by atoms with Crippen molar-refractivity contribution in [2.45, 2.75) is 31.2 Å². The number of hydrogen-bond acceptors (Lipinski definition) is 5. The predicted octanol–water partition coefficient (Wildman–Crippen LogP) is 2.05. The number of non-ortho nitro benzene ring substituents is 1. The number of nitro benzene ring substituents is 1. The summed E-state index contributed by atoms with van der Waals surface area (Å²) < 4.78 is 39.6. The van der Waals surface area contributed by atoms with Gasteiger partial charge in [-0.3, -0.25) is 10.1 Å². The third-order valence-corrected chi connectivity index (χ3v) is 4.84. The van der Waals surface area contributed by atoms with E-state index in [2.05, 4.69) is 0 Å². The molecule has 0 heterocycles. The predicted molar refractivity (Wildman–Crippen MR) is 72.3 cm³/mol. The SMILES string of the molecule is CC(C)N(CCC#N)S(=O)(=O)c1ccc([N+](=O)[O-])cc1F. The molecule has 0 N–H and O–H groups in total. The van der Waals surface area contributed by atoms with Crippen LogP contribution in [0, 0.1) is 27.3 Å². The minimum Gasteiger partial charge on any atom is -0.258 e. The Kier molecular flexibility index (Phi) is 5.34. The van der Waals surface area contributed by atoms with Crippen LogP contribution in [0.5, 0.6) is 0 Å². The Hall–Kier alpha value is -2.05. The lowest BCUT2D eigenvalue weighted by Gasteiger charge is -2.25. The standard InChI is InChI=1S/C12H14FN3O4S/c1-9(2)15(7-3-6-14)21(19,20)12-5-4-10(16(17)18)8-11(12)13/h4-5,8-9H,3,7H2,1-2H3. The fourth-order valence-electron chi connectivity index (χ4n) is 1.75. The molecule has 0 radical (unpaired) electrons. The van der Waals surface area contributed by atoms with E-state index in [1.54, 1.807) is 13.8 Å². The van der Waals surface area contributed by atoms with Crippen molar-refractivity contribution in [1.82, 2.24) is 4.31 Å². The van der Waals surface area contributed by atoms with Crippen LogP contribution in [0.25, 0.3) is 0 Å². The van der Waals surface area contributed by atoms with Crippen LogP contribution in [0.15, 0.2) is 23.1 Å². The summed E-state index contributed by atoms with van der Waals surface area (Å²) in [4.78, 5) is 9.09. The first kappa shape index (κ1) is 17.0. The first-order valence-corrected chi connectivity index (χ1v) is 7.48. The molecule has 114 valence electrons. The molecule has 9 heteroatoms. The Morgan fingerprint density at radius 3 is 2.52 bits per heavy atom. The summed E-state index contributed by atoms with van der Waals surface area (Å²) in [5.74, 6) is -1.19. The summed E-state index contributed by atoms with van der Waals surface area (Å²) in [6, 6.07) is 3.71. The lowest BCUT2D eigenvalue weighted by molar-refractivity contribution is -0.385. The highest BCUT2D eigenvalue weighted by Gasteiger charge is 2.30. The minimum atomic E-state index is -4.16. The van der Waals surface area contributed by atoms with E-state index in [0.717, 1.165) is 16.4 Å². The summed E-state index contributed by atoms with van der Waals surface area (Å²) in [5, 5.41) is 19.1. The maximum absolute atomic E-state index is 13.9. The van der Waals surface area contributed by atoms with Gasteiger partial charge >= 0.3 is 0 Å². The number of hydrogen-bond donors (Lipinski definition) is 0. The average molecular weight is 315 g/mol. The second kappa shape index (κ2) is 6.60. The Morgan fingerprint density at radius 1 is 1.48 bits per heavy atom. The molecule has 0 atom stereocenters. The molecule has 0 unspecified atom stereocenters. The maximum atomic E-state index is 13.9. The fourth-order valence-corrected chi connectivity index (χ4v) is 3.44. The Balaban J connectivity index is 3.29. The second-order valence-electron chi connectivity index (χ2n) is 4.49. The number of benzene rings is 1. The molecule has 0 aromatic heterocycles. The first-order valence-electron chi connectivity index (χ1n) is 6.04. The van der Waals surface area contributed by atoms with E-state index in [1.165, 1.54) is 0 Å². The van der Waals surface area contributed by atoms with Gasteiger partial charge < -0.3 is 0 Å². The molecule has 0 fully saturated rings.